The highest BCUT2D eigenvalue weighted by atomic mass is 16.7. The summed E-state index contributed by atoms with van der Waals surface area (Å²) in [5, 5.41) is 10.6. The molecule has 10 heteroatoms. The largest absolute Gasteiger partial charge is 0.497 e. The highest BCUT2D eigenvalue weighted by molar-refractivity contribution is 5.67. The number of hydrogen-bond donors (Lipinski definition) is 1. The van der Waals surface area contributed by atoms with Crippen LogP contribution in [0.4, 0.5) is 0 Å². The minimum Gasteiger partial charge on any atom is -0.497 e. The molecule has 0 aromatic heterocycles. The molecule has 1 saturated heterocycles. The van der Waals surface area contributed by atoms with Gasteiger partial charge in [0.05, 0.1) is 7.11 Å². The second kappa shape index (κ2) is 10.1. The topological polar surface area (TPSA) is 127 Å². The van der Waals surface area contributed by atoms with Gasteiger partial charge in [0.15, 0.2) is 6.10 Å². The first kappa shape index (κ1) is 22.4. The van der Waals surface area contributed by atoms with Crippen molar-refractivity contribution < 1.29 is 47.9 Å². The highest BCUT2D eigenvalue weighted by Gasteiger charge is 2.51. The van der Waals surface area contributed by atoms with E-state index in [9.17, 15) is 19.5 Å². The van der Waals surface area contributed by atoms with Gasteiger partial charge in [-0.25, -0.2) is 0 Å². The summed E-state index contributed by atoms with van der Waals surface area (Å²) < 4.78 is 31.8. The lowest BCUT2D eigenvalue weighted by Gasteiger charge is -2.42. The molecule has 29 heavy (non-hydrogen) atoms. The van der Waals surface area contributed by atoms with Crippen molar-refractivity contribution in [2.24, 2.45) is 0 Å². The Morgan fingerprint density at radius 3 is 2.00 bits per heavy atom. The van der Waals surface area contributed by atoms with Crippen LogP contribution < -0.4 is 9.47 Å². The van der Waals surface area contributed by atoms with E-state index in [2.05, 4.69) is 0 Å². The predicted molar refractivity (Wildman–Crippen MR) is 96.0 cm³/mol. The Morgan fingerprint density at radius 2 is 1.48 bits per heavy atom. The number of ether oxygens (including phenoxy) is 6. The Balaban J connectivity index is 2.30. The fraction of sp³-hybridized carbons (Fsp3) is 0.526. The fourth-order valence-corrected chi connectivity index (χ4v) is 2.75. The van der Waals surface area contributed by atoms with E-state index in [1.165, 1.54) is 14.0 Å². The molecule has 0 amide bonds. The second-order valence-electron chi connectivity index (χ2n) is 6.28. The van der Waals surface area contributed by atoms with Gasteiger partial charge in [0.1, 0.15) is 30.3 Å². The Hall–Kier alpha value is -2.85. The maximum Gasteiger partial charge on any atom is 0.303 e. The number of hydrogen-bond acceptors (Lipinski definition) is 10. The molecule has 0 saturated carbocycles. The predicted octanol–water partition coefficient (Wildman–Crippen LogP) is 0.586. The number of esters is 3. The zero-order chi connectivity index (χ0) is 21.6. The maximum atomic E-state index is 11.6. The van der Waals surface area contributed by atoms with Gasteiger partial charge in [-0.15, -0.1) is 0 Å². The summed E-state index contributed by atoms with van der Waals surface area (Å²) in [6.07, 6.45) is -6.33. The van der Waals surface area contributed by atoms with E-state index in [0.29, 0.717) is 11.5 Å². The van der Waals surface area contributed by atoms with Crippen LogP contribution in [0.3, 0.4) is 0 Å². The molecule has 1 N–H and O–H groups in total. The Kier molecular flexibility index (Phi) is 7.80. The van der Waals surface area contributed by atoms with E-state index in [1.807, 2.05) is 0 Å². The summed E-state index contributed by atoms with van der Waals surface area (Å²) >= 11 is 0. The van der Waals surface area contributed by atoms with Gasteiger partial charge in [-0.2, -0.15) is 0 Å². The Bertz CT molecular complexity index is 716. The summed E-state index contributed by atoms with van der Waals surface area (Å²) in [5.41, 5.74) is 0. The van der Waals surface area contributed by atoms with Crippen LogP contribution in [0.25, 0.3) is 0 Å². The summed E-state index contributed by atoms with van der Waals surface area (Å²) in [6, 6.07) is 6.49. The number of carbonyl (C=O) groups excluding carboxylic acids is 3. The lowest BCUT2D eigenvalue weighted by molar-refractivity contribution is -0.285. The molecule has 1 fully saturated rings. The van der Waals surface area contributed by atoms with Gasteiger partial charge in [-0.1, -0.05) is 0 Å². The smallest absolute Gasteiger partial charge is 0.303 e. The standard InChI is InChI=1S/C19H24O10/c1-10(20)25-9-15-16(23)17(26-11(2)21)18(27-12(3)22)19(29-15)28-14-7-5-13(24-4)6-8-14/h5-8,15-19,23H,9H2,1-4H3/t15-,16+,17+,18-,19-/m1/s1. The molecule has 5 atom stereocenters. The van der Waals surface area contributed by atoms with Crippen LogP contribution in [0.2, 0.25) is 0 Å². The van der Waals surface area contributed by atoms with Gasteiger partial charge in [0, 0.05) is 20.8 Å². The first-order chi connectivity index (χ1) is 13.7. The quantitative estimate of drug-likeness (QED) is 0.502. The van der Waals surface area contributed by atoms with E-state index in [1.54, 1.807) is 24.3 Å². The molecule has 1 aliphatic rings. The minimum absolute atomic E-state index is 0.316. The number of benzene rings is 1. The molecule has 0 aliphatic carbocycles. The number of carbonyl (C=O) groups is 3. The first-order valence-corrected chi connectivity index (χ1v) is 8.83. The summed E-state index contributed by atoms with van der Waals surface area (Å²) in [4.78, 5) is 34.3. The van der Waals surface area contributed by atoms with Crippen LogP contribution in [0.15, 0.2) is 24.3 Å². The van der Waals surface area contributed by atoms with Crippen molar-refractivity contribution in [2.75, 3.05) is 13.7 Å². The third kappa shape index (κ3) is 6.33. The molecule has 0 radical (unpaired) electrons. The highest BCUT2D eigenvalue weighted by Crippen LogP contribution is 2.29. The molecule has 1 aromatic carbocycles. The Morgan fingerprint density at radius 1 is 0.931 bits per heavy atom. The van der Waals surface area contributed by atoms with Gasteiger partial charge >= 0.3 is 17.9 Å². The van der Waals surface area contributed by atoms with Crippen molar-refractivity contribution in [1.82, 2.24) is 0 Å². The third-order valence-electron chi connectivity index (χ3n) is 3.99. The maximum absolute atomic E-state index is 11.6. The van der Waals surface area contributed by atoms with E-state index >= 15 is 0 Å². The summed E-state index contributed by atoms with van der Waals surface area (Å²) in [7, 11) is 1.52. The van der Waals surface area contributed by atoms with Crippen LogP contribution in [0.1, 0.15) is 20.8 Å². The number of aliphatic hydroxyl groups is 1. The van der Waals surface area contributed by atoms with Crippen LogP contribution in [-0.2, 0) is 33.3 Å². The van der Waals surface area contributed by atoms with E-state index < -0.39 is 48.6 Å². The van der Waals surface area contributed by atoms with E-state index in [-0.39, 0.29) is 6.61 Å². The van der Waals surface area contributed by atoms with Gasteiger partial charge in [0.2, 0.25) is 12.4 Å². The molecule has 0 unspecified atom stereocenters. The van der Waals surface area contributed by atoms with Crippen molar-refractivity contribution in [3.05, 3.63) is 24.3 Å². The van der Waals surface area contributed by atoms with Crippen molar-refractivity contribution in [1.29, 1.82) is 0 Å². The fourth-order valence-electron chi connectivity index (χ4n) is 2.75. The molecule has 160 valence electrons. The molecule has 1 aromatic rings. The molecule has 0 spiro atoms. The molecule has 0 bridgehead atoms. The molecule has 2 rings (SSSR count). The number of rotatable bonds is 7. The van der Waals surface area contributed by atoms with Gasteiger partial charge in [0.25, 0.3) is 0 Å². The minimum atomic E-state index is -1.43. The summed E-state index contributed by atoms with van der Waals surface area (Å²) in [5.74, 6) is -1.04. The SMILES string of the molecule is COc1ccc(O[C@@H]2O[C@H](COC(C)=O)[C@H](O)[C@H](OC(C)=O)[C@H]2OC(C)=O)cc1. The van der Waals surface area contributed by atoms with Gasteiger partial charge in [-0.3, -0.25) is 14.4 Å². The monoisotopic (exact) mass is 412 g/mol. The molecule has 1 aliphatic heterocycles. The van der Waals surface area contributed by atoms with Crippen LogP contribution in [-0.4, -0.2) is 67.4 Å². The second-order valence-corrected chi connectivity index (χ2v) is 6.28. The normalized spacial score (nSPS) is 26.2. The van der Waals surface area contributed by atoms with Crippen LogP contribution >= 0.6 is 0 Å². The summed E-state index contributed by atoms with van der Waals surface area (Å²) in [6.45, 7) is 3.19. The van der Waals surface area contributed by atoms with Crippen molar-refractivity contribution >= 4 is 17.9 Å². The van der Waals surface area contributed by atoms with E-state index in [4.69, 9.17) is 28.4 Å². The average Bonchev–Trinajstić information content (AvgIpc) is 2.65. The Labute approximate surface area is 167 Å². The van der Waals surface area contributed by atoms with Crippen LogP contribution in [0.5, 0.6) is 11.5 Å². The average molecular weight is 412 g/mol. The third-order valence-corrected chi connectivity index (χ3v) is 3.99. The lowest BCUT2D eigenvalue weighted by atomic mass is 9.98. The van der Waals surface area contributed by atoms with Crippen molar-refractivity contribution in [3.63, 3.8) is 0 Å². The first-order valence-electron chi connectivity index (χ1n) is 8.83. The molecular weight excluding hydrogens is 388 g/mol. The molecular formula is C19H24O10. The zero-order valence-corrected chi connectivity index (χ0v) is 16.5. The lowest BCUT2D eigenvalue weighted by Crippen LogP contribution is -2.62. The zero-order valence-electron chi connectivity index (χ0n) is 16.5. The number of aliphatic hydroxyl groups excluding tert-OH is 1. The van der Waals surface area contributed by atoms with Crippen molar-refractivity contribution in [3.8, 4) is 11.5 Å². The number of methoxy groups -OCH3 is 1. The van der Waals surface area contributed by atoms with Gasteiger partial charge in [-0.05, 0) is 24.3 Å². The molecule has 1 heterocycles. The van der Waals surface area contributed by atoms with E-state index in [0.717, 1.165) is 13.8 Å². The van der Waals surface area contributed by atoms with Gasteiger partial charge < -0.3 is 33.5 Å². The molecule has 10 nitrogen and oxygen atoms in total. The van der Waals surface area contributed by atoms with Crippen LogP contribution in [0, 0.1) is 0 Å². The van der Waals surface area contributed by atoms with Crippen molar-refractivity contribution in [2.45, 2.75) is 51.5 Å².